The molecule has 0 unspecified atom stereocenters. The summed E-state index contributed by atoms with van der Waals surface area (Å²) in [4.78, 5) is 20.4. The van der Waals surface area contributed by atoms with Crippen LogP contribution in [0.15, 0.2) is 40.9 Å². The number of carbonyl (C=O) groups excluding carboxylic acids is 1. The summed E-state index contributed by atoms with van der Waals surface area (Å²) in [5.74, 6) is 1.77. The standard InChI is InChI=1S/C20H25N3OS2/c24-19(18-9-5-13-25-18)22-16-7-3-10-21-20(16)26-14-15-6-4-12-23-11-2-1-8-17(15)23/h3,5,7,9-10,13,15,17H,1-2,4,6,8,11-12,14H2,(H,22,24)/t15-,17+/m0/s1. The molecule has 0 saturated carbocycles. The Morgan fingerprint density at radius 3 is 3.04 bits per heavy atom. The van der Waals surface area contributed by atoms with Crippen LogP contribution < -0.4 is 5.32 Å². The molecule has 0 radical (unpaired) electrons. The van der Waals surface area contributed by atoms with Crippen LogP contribution in [0.3, 0.4) is 0 Å². The van der Waals surface area contributed by atoms with Crippen molar-refractivity contribution in [3.63, 3.8) is 0 Å². The molecule has 0 spiro atoms. The Hall–Kier alpha value is -1.37. The van der Waals surface area contributed by atoms with E-state index in [4.69, 9.17) is 0 Å². The summed E-state index contributed by atoms with van der Waals surface area (Å²) in [6, 6.07) is 8.34. The van der Waals surface area contributed by atoms with E-state index >= 15 is 0 Å². The molecule has 2 aliphatic rings. The summed E-state index contributed by atoms with van der Waals surface area (Å²) < 4.78 is 0. The lowest BCUT2D eigenvalue weighted by molar-refractivity contribution is 0.0693. The van der Waals surface area contributed by atoms with Crippen LogP contribution >= 0.6 is 23.1 Å². The molecule has 2 saturated heterocycles. The fourth-order valence-corrected chi connectivity index (χ4v) is 5.94. The summed E-state index contributed by atoms with van der Waals surface area (Å²) in [5, 5.41) is 5.89. The van der Waals surface area contributed by atoms with E-state index in [0.29, 0.717) is 0 Å². The van der Waals surface area contributed by atoms with Gasteiger partial charge in [-0.1, -0.05) is 12.5 Å². The number of pyridine rings is 1. The highest BCUT2D eigenvalue weighted by Crippen LogP contribution is 2.35. The van der Waals surface area contributed by atoms with E-state index in [1.54, 1.807) is 11.8 Å². The van der Waals surface area contributed by atoms with E-state index in [1.807, 2.05) is 35.8 Å². The first-order valence-electron chi connectivity index (χ1n) is 9.48. The average molecular weight is 388 g/mol. The normalized spacial score (nSPS) is 23.4. The Morgan fingerprint density at radius 2 is 2.15 bits per heavy atom. The van der Waals surface area contributed by atoms with Gasteiger partial charge in [0.15, 0.2) is 0 Å². The number of nitrogens with zero attached hydrogens (tertiary/aromatic N) is 2. The zero-order valence-corrected chi connectivity index (χ0v) is 16.5. The Morgan fingerprint density at radius 1 is 1.23 bits per heavy atom. The van der Waals surface area contributed by atoms with Gasteiger partial charge in [-0.3, -0.25) is 4.79 Å². The number of carbonyl (C=O) groups is 1. The van der Waals surface area contributed by atoms with Crippen LogP contribution in [0.25, 0.3) is 0 Å². The van der Waals surface area contributed by atoms with Crippen molar-refractivity contribution in [1.82, 2.24) is 9.88 Å². The Balaban J connectivity index is 1.41. The van der Waals surface area contributed by atoms with Gasteiger partial charge in [0.1, 0.15) is 5.03 Å². The Labute approximate surface area is 163 Å². The number of hydrogen-bond donors (Lipinski definition) is 1. The number of rotatable bonds is 5. The molecule has 2 fully saturated rings. The predicted octanol–water partition coefficient (Wildman–Crippen LogP) is 4.75. The van der Waals surface area contributed by atoms with E-state index in [2.05, 4.69) is 15.2 Å². The molecule has 26 heavy (non-hydrogen) atoms. The van der Waals surface area contributed by atoms with E-state index in [1.165, 1.54) is 56.5 Å². The third-order valence-electron chi connectivity index (χ3n) is 5.43. The molecule has 1 amide bonds. The summed E-state index contributed by atoms with van der Waals surface area (Å²) in [6.45, 7) is 2.55. The van der Waals surface area contributed by atoms with Gasteiger partial charge in [0.05, 0.1) is 10.6 Å². The lowest BCUT2D eigenvalue weighted by atomic mass is 9.85. The average Bonchev–Trinajstić information content (AvgIpc) is 3.22. The van der Waals surface area contributed by atoms with Crippen LogP contribution in [0.4, 0.5) is 5.69 Å². The first-order chi connectivity index (χ1) is 12.8. The topological polar surface area (TPSA) is 45.2 Å². The smallest absolute Gasteiger partial charge is 0.265 e. The molecule has 4 rings (SSSR count). The van der Waals surface area contributed by atoms with Gasteiger partial charge in [-0.15, -0.1) is 23.1 Å². The predicted molar refractivity (Wildman–Crippen MR) is 109 cm³/mol. The molecule has 2 aromatic rings. The highest BCUT2D eigenvalue weighted by Gasteiger charge is 2.33. The number of piperidine rings is 2. The van der Waals surface area contributed by atoms with Gasteiger partial charge in [-0.25, -0.2) is 4.98 Å². The van der Waals surface area contributed by atoms with Crippen molar-refractivity contribution in [3.8, 4) is 0 Å². The Kier molecular flexibility index (Phi) is 5.92. The number of thioether (sulfide) groups is 1. The number of hydrogen-bond acceptors (Lipinski definition) is 5. The van der Waals surface area contributed by atoms with Crippen molar-refractivity contribution in [2.45, 2.75) is 43.2 Å². The molecule has 2 aromatic heterocycles. The van der Waals surface area contributed by atoms with Crippen molar-refractivity contribution in [2.75, 3.05) is 24.2 Å². The van der Waals surface area contributed by atoms with Crippen molar-refractivity contribution in [1.29, 1.82) is 0 Å². The lowest BCUT2D eigenvalue weighted by Gasteiger charge is -2.44. The van der Waals surface area contributed by atoms with Crippen molar-refractivity contribution in [3.05, 3.63) is 40.7 Å². The maximum absolute atomic E-state index is 12.4. The molecule has 0 aromatic carbocycles. The van der Waals surface area contributed by atoms with Crippen LogP contribution in [0, 0.1) is 5.92 Å². The van der Waals surface area contributed by atoms with Crippen molar-refractivity contribution in [2.24, 2.45) is 5.92 Å². The minimum atomic E-state index is -0.0500. The lowest BCUT2D eigenvalue weighted by Crippen LogP contribution is -2.48. The third kappa shape index (κ3) is 4.13. The second-order valence-corrected chi connectivity index (χ2v) is 9.06. The molecular weight excluding hydrogens is 362 g/mol. The van der Waals surface area contributed by atoms with E-state index < -0.39 is 0 Å². The SMILES string of the molecule is O=C(Nc1cccnc1SC[C@@H]1CCCN2CCCC[C@H]12)c1cccs1. The van der Waals surface area contributed by atoms with Crippen LogP contribution in [0.5, 0.6) is 0 Å². The highest BCUT2D eigenvalue weighted by molar-refractivity contribution is 7.99. The zero-order chi connectivity index (χ0) is 17.8. The molecule has 2 aliphatic heterocycles. The minimum absolute atomic E-state index is 0.0500. The fraction of sp³-hybridized carbons (Fsp3) is 0.500. The van der Waals surface area contributed by atoms with Gasteiger partial charge >= 0.3 is 0 Å². The summed E-state index contributed by atoms with van der Waals surface area (Å²) in [5.41, 5.74) is 0.826. The first kappa shape index (κ1) is 18.0. The van der Waals surface area contributed by atoms with E-state index in [-0.39, 0.29) is 5.91 Å². The quantitative estimate of drug-likeness (QED) is 0.752. The summed E-state index contributed by atoms with van der Waals surface area (Å²) >= 11 is 3.26. The molecular formula is C20H25N3OS2. The number of anilines is 1. The number of aromatic nitrogens is 1. The number of fused-ring (bicyclic) bond motifs is 1. The van der Waals surface area contributed by atoms with Gasteiger partial charge in [0, 0.05) is 18.0 Å². The van der Waals surface area contributed by atoms with Crippen LogP contribution in [-0.2, 0) is 0 Å². The van der Waals surface area contributed by atoms with Crippen LogP contribution in [0.1, 0.15) is 41.8 Å². The molecule has 4 heterocycles. The fourth-order valence-electron chi connectivity index (χ4n) is 4.15. The number of amides is 1. The van der Waals surface area contributed by atoms with Gasteiger partial charge < -0.3 is 10.2 Å². The third-order valence-corrected chi connectivity index (χ3v) is 7.49. The monoisotopic (exact) mass is 387 g/mol. The molecule has 2 atom stereocenters. The molecule has 0 aliphatic carbocycles. The zero-order valence-electron chi connectivity index (χ0n) is 14.9. The molecule has 6 heteroatoms. The highest BCUT2D eigenvalue weighted by atomic mass is 32.2. The molecule has 4 nitrogen and oxygen atoms in total. The van der Waals surface area contributed by atoms with Crippen LogP contribution in [0.2, 0.25) is 0 Å². The molecule has 1 N–H and O–H groups in total. The van der Waals surface area contributed by atoms with Crippen LogP contribution in [-0.4, -0.2) is 40.7 Å². The van der Waals surface area contributed by atoms with Gasteiger partial charge in [0.2, 0.25) is 0 Å². The van der Waals surface area contributed by atoms with E-state index in [0.717, 1.165) is 33.3 Å². The van der Waals surface area contributed by atoms with E-state index in [9.17, 15) is 4.79 Å². The Bertz CT molecular complexity index is 732. The van der Waals surface area contributed by atoms with Gasteiger partial charge in [-0.05, 0) is 68.3 Å². The number of thiophene rings is 1. The maximum Gasteiger partial charge on any atom is 0.265 e. The summed E-state index contributed by atoms with van der Waals surface area (Å²) in [7, 11) is 0. The molecule has 0 bridgehead atoms. The summed E-state index contributed by atoms with van der Waals surface area (Å²) in [6.07, 6.45) is 8.51. The molecule has 138 valence electrons. The number of nitrogens with one attached hydrogen (secondary N) is 1. The van der Waals surface area contributed by atoms with Crippen molar-refractivity contribution >= 4 is 34.7 Å². The second-order valence-electron chi connectivity index (χ2n) is 7.10. The van der Waals surface area contributed by atoms with Gasteiger partial charge in [0.25, 0.3) is 5.91 Å². The first-order valence-corrected chi connectivity index (χ1v) is 11.3. The van der Waals surface area contributed by atoms with Crippen molar-refractivity contribution < 1.29 is 4.79 Å². The largest absolute Gasteiger partial charge is 0.319 e. The second kappa shape index (κ2) is 8.55. The maximum atomic E-state index is 12.4. The minimum Gasteiger partial charge on any atom is -0.319 e. The van der Waals surface area contributed by atoms with Gasteiger partial charge in [-0.2, -0.15) is 0 Å².